The van der Waals surface area contributed by atoms with Gasteiger partial charge in [0, 0.05) is 24.5 Å². The van der Waals surface area contributed by atoms with Gasteiger partial charge in [-0.05, 0) is 171 Å². The fourth-order valence-electron chi connectivity index (χ4n) is 11.1. The number of rotatable bonds is 14. The average molecular weight is 589 g/mol. The van der Waals surface area contributed by atoms with Gasteiger partial charge in [-0.3, -0.25) is 4.79 Å². The van der Waals surface area contributed by atoms with Crippen molar-refractivity contribution in [3.8, 4) is 0 Å². The first-order valence-electron chi connectivity index (χ1n) is 18.1. The van der Waals surface area contributed by atoms with Crippen LogP contribution in [0.15, 0.2) is 0 Å². The molecule has 0 aromatic carbocycles. The SMILES string of the molecule is CC(C)N(C(=O)CC[C@@H](C)C1CCC2C3C(CC[C@@]21C)[C@@]1(C)CC[C@H](NCCCNCCCN)CC1C[C@H]3O)C(C)C. The molecule has 244 valence electrons. The summed E-state index contributed by atoms with van der Waals surface area (Å²) in [6.07, 6.45) is 13.7. The number of aliphatic hydroxyl groups is 1. The molecule has 0 aromatic rings. The molecule has 5 N–H and O–H groups in total. The van der Waals surface area contributed by atoms with Gasteiger partial charge in [0.1, 0.15) is 0 Å². The summed E-state index contributed by atoms with van der Waals surface area (Å²) in [5.41, 5.74) is 6.27. The molecule has 10 atom stereocenters. The van der Waals surface area contributed by atoms with Crippen molar-refractivity contribution in [1.29, 1.82) is 0 Å². The van der Waals surface area contributed by atoms with Gasteiger partial charge in [0.2, 0.25) is 5.91 Å². The lowest BCUT2D eigenvalue weighted by Gasteiger charge is -2.62. The number of hydrogen-bond donors (Lipinski definition) is 4. The summed E-state index contributed by atoms with van der Waals surface area (Å²) in [5, 5.41) is 19.2. The summed E-state index contributed by atoms with van der Waals surface area (Å²) >= 11 is 0. The fourth-order valence-corrected chi connectivity index (χ4v) is 11.1. The highest BCUT2D eigenvalue weighted by Crippen LogP contribution is 2.68. The maximum absolute atomic E-state index is 13.1. The predicted molar refractivity (Wildman–Crippen MR) is 175 cm³/mol. The van der Waals surface area contributed by atoms with Crippen LogP contribution in [-0.4, -0.2) is 66.3 Å². The molecular weight excluding hydrogens is 520 g/mol. The average Bonchev–Trinajstić information content (AvgIpc) is 3.28. The third kappa shape index (κ3) is 7.07. The van der Waals surface area contributed by atoms with E-state index < -0.39 is 0 Å². The zero-order valence-electron chi connectivity index (χ0n) is 28.5. The van der Waals surface area contributed by atoms with Crippen LogP contribution in [0, 0.1) is 46.3 Å². The van der Waals surface area contributed by atoms with Crippen LogP contribution in [-0.2, 0) is 4.79 Å². The van der Waals surface area contributed by atoms with Gasteiger partial charge in [-0.15, -0.1) is 0 Å². The first-order valence-corrected chi connectivity index (χ1v) is 18.1. The highest BCUT2D eigenvalue weighted by Gasteiger charge is 2.62. The number of fused-ring (bicyclic) bond motifs is 5. The Morgan fingerprint density at radius 1 is 0.905 bits per heavy atom. The molecular formula is C36H68N4O2. The Bertz CT molecular complexity index is 857. The smallest absolute Gasteiger partial charge is 0.223 e. The Morgan fingerprint density at radius 3 is 2.26 bits per heavy atom. The van der Waals surface area contributed by atoms with Crippen LogP contribution in [0.5, 0.6) is 0 Å². The molecule has 4 fully saturated rings. The third-order valence-corrected chi connectivity index (χ3v) is 13.2. The molecule has 6 heteroatoms. The highest BCUT2D eigenvalue weighted by molar-refractivity contribution is 5.76. The van der Waals surface area contributed by atoms with E-state index >= 15 is 0 Å². The monoisotopic (exact) mass is 589 g/mol. The van der Waals surface area contributed by atoms with E-state index in [1.165, 1.54) is 44.9 Å². The molecule has 1 amide bonds. The molecule has 5 unspecified atom stereocenters. The van der Waals surface area contributed by atoms with E-state index in [-0.39, 0.29) is 18.2 Å². The number of hydrogen-bond acceptors (Lipinski definition) is 5. The summed E-state index contributed by atoms with van der Waals surface area (Å²) in [4.78, 5) is 15.2. The van der Waals surface area contributed by atoms with Crippen molar-refractivity contribution >= 4 is 5.91 Å². The number of aliphatic hydroxyl groups excluding tert-OH is 1. The van der Waals surface area contributed by atoms with Gasteiger partial charge in [0.25, 0.3) is 0 Å². The lowest BCUT2D eigenvalue weighted by Crippen LogP contribution is -2.59. The molecule has 6 nitrogen and oxygen atoms in total. The zero-order valence-corrected chi connectivity index (χ0v) is 28.5. The predicted octanol–water partition coefficient (Wildman–Crippen LogP) is 5.96. The third-order valence-electron chi connectivity index (χ3n) is 13.2. The molecule has 4 rings (SSSR count). The van der Waals surface area contributed by atoms with Crippen LogP contribution in [0.2, 0.25) is 0 Å². The molecule has 0 aliphatic heterocycles. The van der Waals surface area contributed by atoms with Crippen molar-refractivity contribution in [1.82, 2.24) is 15.5 Å². The van der Waals surface area contributed by atoms with Gasteiger partial charge >= 0.3 is 0 Å². The summed E-state index contributed by atoms with van der Waals surface area (Å²) in [5.74, 6) is 3.95. The Hall–Kier alpha value is -0.690. The number of nitrogens with one attached hydrogen (secondary N) is 2. The largest absolute Gasteiger partial charge is 0.393 e. The standard InChI is InChI=1S/C36H68N4O2/c1-24(2)40(25(3)4)33(42)13-10-26(5)29-11-12-30-34-31(15-17-36(29,30)7)35(6)16-14-28(22-27(35)23-32(34)41)39-21-9-20-38-19-8-18-37/h24-32,34,38-39,41H,8-23,37H2,1-7H3/t26-,27?,28+,29?,30?,31?,32-,34?,35+,36-/m1/s1. The summed E-state index contributed by atoms with van der Waals surface area (Å²) in [6.45, 7) is 20.1. The van der Waals surface area contributed by atoms with Crippen LogP contribution >= 0.6 is 0 Å². The lowest BCUT2D eigenvalue weighted by atomic mass is 9.43. The Labute approximate surface area is 259 Å². The van der Waals surface area contributed by atoms with E-state index in [0.717, 1.165) is 51.9 Å². The van der Waals surface area contributed by atoms with E-state index in [2.05, 4.69) is 64.0 Å². The van der Waals surface area contributed by atoms with Gasteiger partial charge < -0.3 is 26.4 Å². The second kappa shape index (κ2) is 14.6. The molecule has 0 heterocycles. The summed E-state index contributed by atoms with van der Waals surface area (Å²) in [7, 11) is 0. The molecule has 0 aromatic heterocycles. The van der Waals surface area contributed by atoms with Gasteiger partial charge in [-0.2, -0.15) is 0 Å². The Kier molecular flexibility index (Phi) is 11.9. The number of nitrogens with two attached hydrogens (primary N) is 1. The molecule has 42 heavy (non-hydrogen) atoms. The molecule has 0 bridgehead atoms. The molecule has 4 aliphatic rings. The maximum atomic E-state index is 13.1. The zero-order chi connectivity index (χ0) is 30.7. The second-order valence-corrected chi connectivity index (χ2v) is 16.2. The van der Waals surface area contributed by atoms with Crippen LogP contribution in [0.25, 0.3) is 0 Å². The summed E-state index contributed by atoms with van der Waals surface area (Å²) in [6, 6.07) is 1.12. The molecule has 4 aliphatic carbocycles. The van der Waals surface area contributed by atoms with Crippen molar-refractivity contribution < 1.29 is 9.90 Å². The minimum atomic E-state index is -0.149. The van der Waals surface area contributed by atoms with E-state index in [1.54, 1.807) is 0 Å². The Morgan fingerprint density at radius 2 is 1.57 bits per heavy atom. The van der Waals surface area contributed by atoms with Crippen molar-refractivity contribution in [3.05, 3.63) is 0 Å². The van der Waals surface area contributed by atoms with Gasteiger partial charge in [-0.25, -0.2) is 0 Å². The number of carbonyl (C=O) groups is 1. The fraction of sp³-hybridized carbons (Fsp3) is 0.972. The molecule has 4 saturated carbocycles. The van der Waals surface area contributed by atoms with Crippen molar-refractivity contribution in [2.75, 3.05) is 26.2 Å². The number of amides is 1. The van der Waals surface area contributed by atoms with Gasteiger partial charge in [0.15, 0.2) is 0 Å². The minimum Gasteiger partial charge on any atom is -0.393 e. The van der Waals surface area contributed by atoms with E-state index in [0.29, 0.717) is 64.7 Å². The topological polar surface area (TPSA) is 90.6 Å². The normalized spacial score (nSPS) is 38.7. The Balaban J connectivity index is 1.33. The van der Waals surface area contributed by atoms with Crippen molar-refractivity contribution in [2.45, 2.75) is 150 Å². The first-order chi connectivity index (χ1) is 19.9. The molecule has 0 saturated heterocycles. The summed E-state index contributed by atoms with van der Waals surface area (Å²) < 4.78 is 0. The number of nitrogens with zero attached hydrogens (tertiary/aromatic N) is 1. The van der Waals surface area contributed by atoms with Crippen LogP contribution in [0.4, 0.5) is 0 Å². The van der Waals surface area contributed by atoms with Crippen molar-refractivity contribution in [3.63, 3.8) is 0 Å². The van der Waals surface area contributed by atoms with Gasteiger partial charge in [0.05, 0.1) is 6.10 Å². The van der Waals surface area contributed by atoms with Gasteiger partial charge in [-0.1, -0.05) is 20.8 Å². The van der Waals surface area contributed by atoms with Crippen LogP contribution in [0.1, 0.15) is 126 Å². The quantitative estimate of drug-likeness (QED) is 0.188. The molecule has 0 spiro atoms. The first kappa shape index (κ1) is 34.2. The van der Waals surface area contributed by atoms with Crippen LogP contribution < -0.4 is 16.4 Å². The van der Waals surface area contributed by atoms with E-state index in [9.17, 15) is 9.90 Å². The van der Waals surface area contributed by atoms with E-state index in [4.69, 9.17) is 5.73 Å². The maximum Gasteiger partial charge on any atom is 0.223 e. The van der Waals surface area contributed by atoms with Crippen LogP contribution in [0.3, 0.4) is 0 Å². The lowest BCUT2D eigenvalue weighted by molar-refractivity contribution is -0.167. The van der Waals surface area contributed by atoms with E-state index in [1.807, 2.05) is 0 Å². The van der Waals surface area contributed by atoms with Crippen molar-refractivity contribution in [2.24, 2.45) is 52.1 Å². The minimum absolute atomic E-state index is 0.149. The highest BCUT2D eigenvalue weighted by atomic mass is 16.3. The second-order valence-electron chi connectivity index (χ2n) is 16.2. The molecule has 0 radical (unpaired) electrons. The number of carbonyl (C=O) groups excluding carboxylic acids is 1.